The number of hydrogen-bond acceptors (Lipinski definition) is 1. The lowest BCUT2D eigenvalue weighted by atomic mass is 9.99. The summed E-state index contributed by atoms with van der Waals surface area (Å²) in [6.45, 7) is 2.16. The molecule has 0 atom stereocenters. The highest BCUT2D eigenvalue weighted by Crippen LogP contribution is 2.34. The van der Waals surface area contributed by atoms with Crippen molar-refractivity contribution in [3.8, 4) is 27.9 Å². The van der Waals surface area contributed by atoms with Gasteiger partial charge in [-0.15, -0.1) is 0 Å². The fourth-order valence-corrected chi connectivity index (χ4v) is 5.61. The molecule has 0 aliphatic heterocycles. The lowest BCUT2D eigenvalue weighted by Crippen LogP contribution is -1.95. The Balaban J connectivity index is 1.17. The Morgan fingerprint density at radius 3 is 1.62 bits per heavy atom. The first-order valence-electron chi connectivity index (χ1n) is 13.4. The van der Waals surface area contributed by atoms with Gasteiger partial charge in [-0.3, -0.25) is 0 Å². The number of anilines is 2. The average Bonchev–Trinajstić information content (AvgIpc) is 3.33. The van der Waals surface area contributed by atoms with Crippen LogP contribution in [0.4, 0.5) is 11.4 Å². The van der Waals surface area contributed by atoms with Crippen LogP contribution < -0.4 is 5.32 Å². The van der Waals surface area contributed by atoms with Gasteiger partial charge in [0.2, 0.25) is 0 Å². The lowest BCUT2D eigenvalue weighted by molar-refractivity contribution is 1.18. The summed E-state index contributed by atoms with van der Waals surface area (Å²) in [5.41, 5.74) is 11.9. The van der Waals surface area contributed by atoms with Crippen molar-refractivity contribution in [2.24, 2.45) is 0 Å². The van der Waals surface area contributed by atoms with Crippen LogP contribution in [0.5, 0.6) is 0 Å². The molecule has 0 radical (unpaired) electrons. The first kappa shape index (κ1) is 23.1. The van der Waals surface area contributed by atoms with E-state index in [0.717, 1.165) is 11.4 Å². The first-order valence-corrected chi connectivity index (χ1v) is 13.4. The summed E-state index contributed by atoms with van der Waals surface area (Å²) in [7, 11) is 0. The summed E-state index contributed by atoms with van der Waals surface area (Å²) < 4.78 is 2.35. The molecule has 7 aromatic rings. The van der Waals surface area contributed by atoms with Gasteiger partial charge in [-0.1, -0.05) is 103 Å². The number of rotatable bonds is 5. The van der Waals surface area contributed by atoms with E-state index in [-0.39, 0.29) is 0 Å². The molecule has 2 nitrogen and oxygen atoms in total. The molecule has 39 heavy (non-hydrogen) atoms. The predicted molar refractivity (Wildman–Crippen MR) is 166 cm³/mol. The highest BCUT2D eigenvalue weighted by molar-refractivity contribution is 6.09. The number of fused-ring (bicyclic) bond motifs is 3. The molecule has 0 spiro atoms. The van der Waals surface area contributed by atoms with Gasteiger partial charge in [0.1, 0.15) is 0 Å². The van der Waals surface area contributed by atoms with Gasteiger partial charge in [-0.05, 0) is 71.6 Å². The second-order valence-corrected chi connectivity index (χ2v) is 9.98. The van der Waals surface area contributed by atoms with Crippen molar-refractivity contribution in [3.63, 3.8) is 0 Å². The SMILES string of the molecule is Cc1ccccc1-c1ccccc1Nc1ccc(-c2ccc(-n3c4ccccc4c4ccccc43)cc2)cc1. The van der Waals surface area contributed by atoms with E-state index in [1.165, 1.54) is 55.3 Å². The van der Waals surface area contributed by atoms with Crippen molar-refractivity contribution in [1.29, 1.82) is 0 Å². The number of hydrogen-bond donors (Lipinski definition) is 1. The maximum atomic E-state index is 3.64. The van der Waals surface area contributed by atoms with Crippen LogP contribution in [0.15, 0.2) is 146 Å². The van der Waals surface area contributed by atoms with Crippen LogP contribution in [0.2, 0.25) is 0 Å². The van der Waals surface area contributed by atoms with Gasteiger partial charge in [-0.25, -0.2) is 0 Å². The highest BCUT2D eigenvalue weighted by atomic mass is 15.0. The summed E-state index contributed by atoms with van der Waals surface area (Å²) in [4.78, 5) is 0. The molecule has 0 amide bonds. The fraction of sp³-hybridized carbons (Fsp3) is 0.0270. The summed E-state index contributed by atoms with van der Waals surface area (Å²) in [6.07, 6.45) is 0. The standard InChI is InChI=1S/C37H28N2/c1-26-10-2-3-11-31(26)32-12-4-7-15-35(32)38-29-22-18-27(19-23-29)28-20-24-30(25-21-28)39-36-16-8-5-13-33(36)34-14-6-9-17-37(34)39/h2-25,38H,1H3. The van der Waals surface area contributed by atoms with Gasteiger partial charge >= 0.3 is 0 Å². The van der Waals surface area contributed by atoms with E-state index >= 15 is 0 Å². The van der Waals surface area contributed by atoms with Crippen LogP contribution in [0, 0.1) is 6.92 Å². The van der Waals surface area contributed by atoms with Crippen LogP contribution in [-0.2, 0) is 0 Å². The minimum Gasteiger partial charge on any atom is -0.355 e. The highest BCUT2D eigenvalue weighted by Gasteiger charge is 2.12. The molecule has 0 fully saturated rings. The van der Waals surface area contributed by atoms with Gasteiger partial charge in [0.25, 0.3) is 0 Å². The van der Waals surface area contributed by atoms with E-state index in [2.05, 4.69) is 162 Å². The summed E-state index contributed by atoms with van der Waals surface area (Å²) in [5.74, 6) is 0. The smallest absolute Gasteiger partial charge is 0.0541 e. The van der Waals surface area contributed by atoms with E-state index < -0.39 is 0 Å². The van der Waals surface area contributed by atoms with Gasteiger partial charge in [0, 0.05) is 33.4 Å². The summed E-state index contributed by atoms with van der Waals surface area (Å²) in [5, 5.41) is 6.20. The normalized spacial score (nSPS) is 11.2. The Morgan fingerprint density at radius 2 is 0.974 bits per heavy atom. The summed E-state index contributed by atoms with van der Waals surface area (Å²) >= 11 is 0. The molecule has 1 aromatic heterocycles. The van der Waals surface area contributed by atoms with Gasteiger partial charge in [0.05, 0.1) is 11.0 Å². The maximum absolute atomic E-state index is 3.64. The largest absolute Gasteiger partial charge is 0.355 e. The second-order valence-electron chi connectivity index (χ2n) is 9.98. The molecular formula is C37H28N2. The van der Waals surface area contributed by atoms with Crippen LogP contribution >= 0.6 is 0 Å². The molecule has 0 unspecified atom stereocenters. The van der Waals surface area contributed by atoms with Crippen LogP contribution in [0.3, 0.4) is 0 Å². The van der Waals surface area contributed by atoms with Crippen molar-refractivity contribution < 1.29 is 0 Å². The Hall–Kier alpha value is -5.08. The third-order valence-electron chi connectivity index (χ3n) is 7.57. The van der Waals surface area contributed by atoms with E-state index in [0.29, 0.717) is 0 Å². The zero-order chi connectivity index (χ0) is 26.2. The van der Waals surface area contributed by atoms with Crippen molar-refractivity contribution in [1.82, 2.24) is 4.57 Å². The molecule has 1 N–H and O–H groups in total. The van der Waals surface area contributed by atoms with Crippen LogP contribution in [0.25, 0.3) is 49.7 Å². The number of nitrogens with zero attached hydrogens (tertiary/aromatic N) is 1. The minimum atomic E-state index is 1.07. The molecule has 7 rings (SSSR count). The predicted octanol–water partition coefficient (Wildman–Crippen LogP) is 10.2. The van der Waals surface area contributed by atoms with Crippen LogP contribution in [-0.4, -0.2) is 4.57 Å². The molecule has 0 saturated heterocycles. The summed E-state index contributed by atoms with van der Waals surface area (Å²) in [6, 6.07) is 51.9. The molecule has 1 heterocycles. The van der Waals surface area contributed by atoms with Gasteiger partial charge in [0.15, 0.2) is 0 Å². The third-order valence-corrected chi connectivity index (χ3v) is 7.57. The van der Waals surface area contributed by atoms with E-state index in [1.807, 2.05) is 0 Å². The number of benzene rings is 6. The van der Waals surface area contributed by atoms with Crippen molar-refractivity contribution in [3.05, 3.63) is 151 Å². The van der Waals surface area contributed by atoms with E-state index in [9.17, 15) is 0 Å². The second kappa shape index (κ2) is 9.66. The van der Waals surface area contributed by atoms with Gasteiger partial charge < -0.3 is 9.88 Å². The van der Waals surface area contributed by atoms with Gasteiger partial charge in [-0.2, -0.15) is 0 Å². The van der Waals surface area contributed by atoms with Crippen LogP contribution in [0.1, 0.15) is 5.56 Å². The molecule has 2 heteroatoms. The average molecular weight is 501 g/mol. The van der Waals surface area contributed by atoms with E-state index in [1.54, 1.807) is 0 Å². The zero-order valence-corrected chi connectivity index (χ0v) is 21.8. The number of aromatic nitrogens is 1. The number of aryl methyl sites for hydroxylation is 1. The monoisotopic (exact) mass is 500 g/mol. The molecule has 0 aliphatic rings. The zero-order valence-electron chi connectivity index (χ0n) is 21.8. The minimum absolute atomic E-state index is 1.07. The number of nitrogens with one attached hydrogen (secondary N) is 1. The topological polar surface area (TPSA) is 17.0 Å². The molecule has 186 valence electrons. The third kappa shape index (κ3) is 4.17. The first-order chi connectivity index (χ1) is 19.3. The quantitative estimate of drug-likeness (QED) is 0.249. The molecule has 0 saturated carbocycles. The Labute approximate surface area is 228 Å². The molecule has 0 bridgehead atoms. The van der Waals surface area contributed by atoms with E-state index in [4.69, 9.17) is 0 Å². The molecule has 0 aliphatic carbocycles. The maximum Gasteiger partial charge on any atom is 0.0541 e. The Bertz CT molecular complexity index is 1870. The Morgan fingerprint density at radius 1 is 0.462 bits per heavy atom. The molecule has 6 aromatic carbocycles. The Kier molecular flexibility index (Phi) is 5.71. The fourth-order valence-electron chi connectivity index (χ4n) is 5.61. The number of para-hydroxylation sites is 3. The van der Waals surface area contributed by atoms with Crippen molar-refractivity contribution in [2.45, 2.75) is 6.92 Å². The van der Waals surface area contributed by atoms with Crippen molar-refractivity contribution in [2.75, 3.05) is 5.32 Å². The lowest BCUT2D eigenvalue weighted by Gasteiger charge is -2.14. The van der Waals surface area contributed by atoms with Crippen molar-refractivity contribution >= 4 is 33.2 Å². The molecular weight excluding hydrogens is 472 g/mol.